The number of ether oxygens (including phenoxy) is 2. The van der Waals surface area contributed by atoms with Crippen LogP contribution in [0.3, 0.4) is 0 Å². The lowest BCUT2D eigenvalue weighted by molar-refractivity contribution is 0.103. The van der Waals surface area contributed by atoms with Gasteiger partial charge in [0.1, 0.15) is 17.4 Å². The summed E-state index contributed by atoms with van der Waals surface area (Å²) in [5, 5.41) is 19.9. The number of carbonyl (C=O) groups is 1. The van der Waals surface area contributed by atoms with Gasteiger partial charge in [0.2, 0.25) is 5.88 Å². The van der Waals surface area contributed by atoms with Crippen LogP contribution in [0.25, 0.3) is 0 Å². The Bertz CT molecular complexity index is 941. The van der Waals surface area contributed by atoms with Crippen LogP contribution in [-0.2, 0) is 11.3 Å². The monoisotopic (exact) mass is 370 g/mol. The predicted molar refractivity (Wildman–Crippen MR) is 99.4 cm³/mol. The second-order valence-electron chi connectivity index (χ2n) is 5.97. The number of hydrogen-bond acceptors (Lipinski definition) is 6. The molecule has 0 saturated carbocycles. The molecule has 27 heavy (non-hydrogen) atoms. The number of hydrogen-bond donors (Lipinski definition) is 1. The van der Waals surface area contributed by atoms with Crippen molar-refractivity contribution in [2.24, 2.45) is 0 Å². The Kier molecular flexibility index (Phi) is 6.74. The molecule has 1 heterocycles. The summed E-state index contributed by atoms with van der Waals surface area (Å²) < 4.78 is 11.5. The largest absolute Gasteiger partial charge is 0.494 e. The average molecular weight is 370 g/mol. The highest BCUT2D eigenvalue weighted by molar-refractivity contribution is 6.11. The van der Waals surface area contributed by atoms with Crippen LogP contribution in [0.2, 0.25) is 0 Å². The fourth-order valence-electron chi connectivity index (χ4n) is 2.70. The maximum atomic E-state index is 13.0. The topological polar surface area (TPSA) is 102 Å². The van der Waals surface area contributed by atoms with E-state index in [0.717, 1.165) is 11.0 Å². The molecule has 1 N–H and O–H groups in total. The summed E-state index contributed by atoms with van der Waals surface area (Å²) in [7, 11) is 1.45. The zero-order valence-corrected chi connectivity index (χ0v) is 15.6. The van der Waals surface area contributed by atoms with Crippen molar-refractivity contribution in [3.63, 3.8) is 0 Å². The molecule has 1 aromatic carbocycles. The molecule has 0 aliphatic heterocycles. The fraction of sp³-hybridized carbons (Fsp3) is 0.350. The minimum Gasteiger partial charge on any atom is -0.494 e. The molecule has 0 fully saturated rings. The van der Waals surface area contributed by atoms with E-state index in [4.69, 9.17) is 9.47 Å². The second kappa shape index (κ2) is 9.01. The lowest BCUT2D eigenvalue weighted by Crippen LogP contribution is -2.28. The second-order valence-corrected chi connectivity index (χ2v) is 5.97. The third kappa shape index (κ3) is 4.18. The number of rotatable bonds is 8. The van der Waals surface area contributed by atoms with Crippen LogP contribution in [0.1, 0.15) is 40.4 Å². The van der Waals surface area contributed by atoms with Crippen LogP contribution < -0.4 is 10.3 Å². The van der Waals surface area contributed by atoms with Crippen LogP contribution in [-0.4, -0.2) is 35.8 Å². The molecule has 0 unspecified atom stereocenters. The average Bonchev–Trinajstić information content (AvgIpc) is 2.66. The van der Waals surface area contributed by atoms with Crippen LogP contribution >= 0.6 is 0 Å². The van der Waals surface area contributed by atoms with E-state index in [1.54, 1.807) is 24.3 Å². The number of carbonyl (C=O) groups excluding carboxylic acids is 1. The van der Waals surface area contributed by atoms with Gasteiger partial charge in [-0.15, -0.1) is 0 Å². The van der Waals surface area contributed by atoms with E-state index in [-0.39, 0.29) is 29.8 Å². The summed E-state index contributed by atoms with van der Waals surface area (Å²) in [6, 6.07) is 8.42. The molecule has 0 aliphatic rings. The van der Waals surface area contributed by atoms with Gasteiger partial charge in [0.15, 0.2) is 5.78 Å². The van der Waals surface area contributed by atoms with Gasteiger partial charge in [-0.2, -0.15) is 5.26 Å². The van der Waals surface area contributed by atoms with E-state index in [2.05, 4.69) is 0 Å². The molecular weight excluding hydrogens is 348 g/mol. The Morgan fingerprint density at radius 2 is 2.07 bits per heavy atom. The zero-order chi connectivity index (χ0) is 20.0. The van der Waals surface area contributed by atoms with E-state index in [1.807, 2.05) is 13.0 Å². The molecule has 0 radical (unpaired) electrons. The number of pyridine rings is 1. The van der Waals surface area contributed by atoms with Gasteiger partial charge in [-0.05, 0) is 31.0 Å². The molecule has 0 aliphatic carbocycles. The number of aromatic nitrogens is 1. The fourth-order valence-corrected chi connectivity index (χ4v) is 2.70. The first-order chi connectivity index (χ1) is 13.0. The normalized spacial score (nSPS) is 10.4. The first-order valence-electron chi connectivity index (χ1n) is 8.59. The lowest BCUT2D eigenvalue weighted by atomic mass is 9.97. The summed E-state index contributed by atoms with van der Waals surface area (Å²) in [6.45, 7) is 4.14. The van der Waals surface area contributed by atoms with E-state index in [1.165, 1.54) is 14.0 Å². The summed E-state index contributed by atoms with van der Waals surface area (Å²) in [6.07, 6.45) is 0.827. The minimum absolute atomic E-state index is 0.0239. The van der Waals surface area contributed by atoms with Gasteiger partial charge in [-0.1, -0.05) is 19.1 Å². The number of benzene rings is 1. The van der Waals surface area contributed by atoms with Gasteiger partial charge in [0.25, 0.3) is 5.56 Å². The van der Waals surface area contributed by atoms with E-state index >= 15 is 0 Å². The Morgan fingerprint density at radius 3 is 2.70 bits per heavy atom. The maximum Gasteiger partial charge on any atom is 0.271 e. The molecular formula is C20H22N2O5. The quantitative estimate of drug-likeness (QED) is 0.716. The Hall–Kier alpha value is -3.11. The number of aromatic hydroxyl groups is 1. The maximum absolute atomic E-state index is 13.0. The summed E-state index contributed by atoms with van der Waals surface area (Å²) in [5.74, 6) is -0.430. The van der Waals surface area contributed by atoms with Crippen molar-refractivity contribution >= 4 is 5.78 Å². The van der Waals surface area contributed by atoms with Crippen LogP contribution in [0.5, 0.6) is 11.6 Å². The molecule has 2 aromatic rings. The molecule has 2 rings (SSSR count). The lowest BCUT2D eigenvalue weighted by Gasteiger charge is -2.15. The Morgan fingerprint density at radius 1 is 1.33 bits per heavy atom. The summed E-state index contributed by atoms with van der Waals surface area (Å²) in [4.78, 5) is 25.5. The first-order valence-corrected chi connectivity index (χ1v) is 8.59. The van der Waals surface area contributed by atoms with Crippen molar-refractivity contribution in [2.45, 2.75) is 26.8 Å². The van der Waals surface area contributed by atoms with Gasteiger partial charge in [0, 0.05) is 12.7 Å². The van der Waals surface area contributed by atoms with Crippen LogP contribution in [0.15, 0.2) is 29.1 Å². The zero-order valence-electron chi connectivity index (χ0n) is 15.6. The summed E-state index contributed by atoms with van der Waals surface area (Å²) >= 11 is 0. The summed E-state index contributed by atoms with van der Waals surface area (Å²) in [5.41, 5.74) is -0.456. The number of ketones is 1. The number of nitriles is 1. The molecule has 0 bridgehead atoms. The van der Waals surface area contributed by atoms with Crippen molar-refractivity contribution in [3.8, 4) is 17.7 Å². The molecule has 7 heteroatoms. The van der Waals surface area contributed by atoms with Gasteiger partial charge >= 0.3 is 0 Å². The highest BCUT2D eigenvalue weighted by atomic mass is 16.5. The van der Waals surface area contributed by atoms with Crippen molar-refractivity contribution in [3.05, 3.63) is 56.9 Å². The Balaban J connectivity index is 2.59. The minimum atomic E-state index is -0.652. The van der Waals surface area contributed by atoms with Gasteiger partial charge in [0.05, 0.1) is 25.3 Å². The molecule has 0 spiro atoms. The van der Waals surface area contributed by atoms with Crippen LogP contribution in [0.4, 0.5) is 0 Å². The Labute approximate surface area is 157 Å². The van der Waals surface area contributed by atoms with E-state index in [0.29, 0.717) is 17.9 Å². The molecule has 7 nitrogen and oxygen atoms in total. The van der Waals surface area contributed by atoms with E-state index < -0.39 is 17.2 Å². The van der Waals surface area contributed by atoms with Crippen molar-refractivity contribution in [2.75, 3.05) is 20.3 Å². The third-order valence-corrected chi connectivity index (χ3v) is 4.12. The smallest absolute Gasteiger partial charge is 0.271 e. The van der Waals surface area contributed by atoms with Crippen molar-refractivity contribution in [1.29, 1.82) is 5.26 Å². The predicted octanol–water partition coefficient (Wildman–Crippen LogP) is 2.40. The first kappa shape index (κ1) is 20.2. The third-order valence-electron chi connectivity index (χ3n) is 4.12. The van der Waals surface area contributed by atoms with Crippen molar-refractivity contribution in [1.82, 2.24) is 4.57 Å². The van der Waals surface area contributed by atoms with Crippen molar-refractivity contribution < 1.29 is 19.4 Å². The highest BCUT2D eigenvalue weighted by Crippen LogP contribution is 2.26. The molecule has 0 saturated heterocycles. The number of nitrogens with zero attached hydrogens (tertiary/aromatic N) is 2. The standard InChI is InChI=1S/C20H22N2O5/c1-4-9-27-15-7-5-6-14(11-15)18(23)17-13(2)16(12-21)19(24)22(20(17)25)8-10-26-3/h5-7,11,25H,4,8-10H2,1-3H3. The van der Waals surface area contributed by atoms with Gasteiger partial charge in [-0.25, -0.2) is 0 Å². The highest BCUT2D eigenvalue weighted by Gasteiger charge is 2.25. The van der Waals surface area contributed by atoms with E-state index in [9.17, 15) is 20.0 Å². The number of methoxy groups -OCH3 is 1. The van der Waals surface area contributed by atoms with Gasteiger partial charge < -0.3 is 14.6 Å². The SMILES string of the molecule is CCCOc1cccc(C(=O)c2c(C)c(C#N)c(=O)n(CCOC)c2O)c1. The van der Waals surface area contributed by atoms with Gasteiger partial charge in [-0.3, -0.25) is 14.2 Å². The molecule has 1 aromatic heterocycles. The molecule has 142 valence electrons. The molecule has 0 atom stereocenters. The van der Waals surface area contributed by atoms with Crippen LogP contribution in [0, 0.1) is 18.3 Å². The molecule has 0 amide bonds.